The van der Waals surface area contributed by atoms with E-state index in [1.165, 1.54) is 19.2 Å². The van der Waals surface area contributed by atoms with Gasteiger partial charge in [0, 0.05) is 12.2 Å². The molecule has 0 fully saturated rings. The van der Waals surface area contributed by atoms with Gasteiger partial charge in [0.1, 0.15) is 16.7 Å². The van der Waals surface area contributed by atoms with Crippen molar-refractivity contribution >= 4 is 34.3 Å². The molecule has 0 aliphatic heterocycles. The van der Waals surface area contributed by atoms with Crippen LogP contribution in [-0.2, 0) is 20.7 Å². The number of phenols is 1. The normalized spacial score (nSPS) is 10.3. The van der Waals surface area contributed by atoms with Crippen molar-refractivity contribution in [3.8, 4) is 5.75 Å². The Hall–Kier alpha value is -3.40. The number of hydrogen-bond donors (Lipinski definition) is 4. The molecule has 2 amide bonds. The summed E-state index contributed by atoms with van der Waals surface area (Å²) in [6.45, 7) is 15.2. The van der Waals surface area contributed by atoms with Gasteiger partial charge in [-0.25, -0.2) is 9.78 Å². The van der Waals surface area contributed by atoms with Crippen LogP contribution in [0.5, 0.6) is 5.75 Å². The topological polar surface area (TPSA) is 130 Å². The van der Waals surface area contributed by atoms with Gasteiger partial charge in [0.2, 0.25) is 5.91 Å². The molecule has 4 N–H and O–H groups in total. The predicted octanol–water partition coefficient (Wildman–Crippen LogP) is 3.79. The molecule has 10 heteroatoms. The number of anilines is 1. The maximum Gasteiger partial charge on any atom is 0.330 e. The molecule has 1 heterocycles. The first-order valence-electron chi connectivity index (χ1n) is 11.0. The number of phenolic OH excluding ortho intramolecular Hbond substituents is 1. The molecular formula is C24H36N4O5S. The molecule has 0 saturated carbocycles. The smallest absolute Gasteiger partial charge is 0.330 e. The van der Waals surface area contributed by atoms with Crippen molar-refractivity contribution in [3.63, 3.8) is 0 Å². The molecule has 2 rings (SSSR count). The van der Waals surface area contributed by atoms with E-state index in [1.807, 2.05) is 27.7 Å². The molecule has 34 heavy (non-hydrogen) atoms. The summed E-state index contributed by atoms with van der Waals surface area (Å²) >= 11 is 1.00. The maximum absolute atomic E-state index is 12.6. The highest BCUT2D eigenvalue weighted by molar-refractivity contribution is 7.17. The Morgan fingerprint density at radius 3 is 2.41 bits per heavy atom. The number of aromatic nitrogens is 1. The highest BCUT2D eigenvalue weighted by atomic mass is 32.1. The van der Waals surface area contributed by atoms with Crippen LogP contribution in [0.4, 0.5) is 5.13 Å². The van der Waals surface area contributed by atoms with Crippen LogP contribution < -0.4 is 16.0 Å². The number of carbonyl (C=O) groups excluding carboxylic acids is 3. The molecule has 1 aromatic carbocycles. The third kappa shape index (κ3) is 10.5. The van der Waals surface area contributed by atoms with Gasteiger partial charge in [-0.05, 0) is 31.5 Å². The Bertz CT molecular complexity index is 959. The second-order valence-electron chi connectivity index (χ2n) is 6.54. The minimum Gasteiger partial charge on any atom is -0.508 e. The van der Waals surface area contributed by atoms with Gasteiger partial charge in [0.25, 0.3) is 5.91 Å². The maximum atomic E-state index is 12.6. The van der Waals surface area contributed by atoms with E-state index in [4.69, 9.17) is 4.74 Å². The highest BCUT2D eigenvalue weighted by Gasteiger charge is 2.24. The van der Waals surface area contributed by atoms with E-state index >= 15 is 0 Å². The number of rotatable bonds is 9. The minimum atomic E-state index is -0.913. The second kappa shape index (κ2) is 16.2. The van der Waals surface area contributed by atoms with Crippen molar-refractivity contribution in [2.45, 2.75) is 54.0 Å². The molecule has 0 radical (unpaired) electrons. The molecule has 2 aromatic rings. The Labute approximate surface area is 205 Å². The predicted molar refractivity (Wildman–Crippen MR) is 136 cm³/mol. The Kier molecular flexibility index (Phi) is 14.6. The second-order valence-corrected chi connectivity index (χ2v) is 7.54. The van der Waals surface area contributed by atoms with Crippen LogP contribution >= 0.6 is 11.3 Å². The quantitative estimate of drug-likeness (QED) is 0.392. The number of aryl methyl sites for hydroxylation is 1. The third-order valence-electron chi connectivity index (χ3n) is 3.92. The number of carbonyl (C=O) groups is 3. The van der Waals surface area contributed by atoms with Gasteiger partial charge < -0.3 is 25.8 Å². The fraction of sp³-hybridized carbons (Fsp3) is 0.417. The zero-order chi connectivity index (χ0) is 26.3. The first-order valence-corrected chi connectivity index (χ1v) is 11.8. The van der Waals surface area contributed by atoms with Crippen molar-refractivity contribution in [2.24, 2.45) is 0 Å². The lowest BCUT2D eigenvalue weighted by molar-refractivity contribution is -0.142. The molecule has 0 unspecified atom stereocenters. The number of allylic oxidation sites excluding steroid dienone is 1. The lowest BCUT2D eigenvalue weighted by Crippen LogP contribution is -2.47. The number of methoxy groups -OCH3 is 1. The number of nitrogens with zero attached hydrogens (tertiary/aromatic N) is 1. The van der Waals surface area contributed by atoms with Crippen LogP contribution in [-0.4, -0.2) is 47.6 Å². The number of aromatic hydroxyl groups is 1. The van der Waals surface area contributed by atoms with Crippen molar-refractivity contribution in [1.29, 1.82) is 0 Å². The fourth-order valence-electron chi connectivity index (χ4n) is 2.51. The number of benzene rings is 1. The van der Waals surface area contributed by atoms with Crippen LogP contribution in [0.25, 0.3) is 0 Å². The molecule has 1 aromatic heterocycles. The van der Waals surface area contributed by atoms with Gasteiger partial charge >= 0.3 is 5.97 Å². The Balaban J connectivity index is 0.00000258. The summed E-state index contributed by atoms with van der Waals surface area (Å²) in [5.74, 6) is -1.36. The van der Waals surface area contributed by atoms with Gasteiger partial charge in [-0.3, -0.25) is 9.59 Å². The summed E-state index contributed by atoms with van der Waals surface area (Å²) in [6.07, 6.45) is 0.0472. The van der Waals surface area contributed by atoms with Gasteiger partial charge in [0.05, 0.1) is 19.2 Å². The lowest BCUT2D eigenvalue weighted by atomic mass is 10.1. The van der Waals surface area contributed by atoms with Gasteiger partial charge in [-0.2, -0.15) is 0 Å². The molecule has 9 nitrogen and oxygen atoms in total. The molecule has 0 aliphatic carbocycles. The number of hydrogen-bond acceptors (Lipinski definition) is 8. The largest absolute Gasteiger partial charge is 0.508 e. The summed E-state index contributed by atoms with van der Waals surface area (Å²) in [5.41, 5.74) is 1.70. The van der Waals surface area contributed by atoms with E-state index in [0.717, 1.165) is 11.3 Å². The summed E-state index contributed by atoms with van der Waals surface area (Å²) < 4.78 is 4.72. The number of thiazole rings is 1. The van der Waals surface area contributed by atoms with E-state index < -0.39 is 17.9 Å². The molecule has 0 aliphatic rings. The highest BCUT2D eigenvalue weighted by Crippen LogP contribution is 2.23. The SMILES string of the molecule is C=C(C)NC[C@H](NC(=O)c1sc(NC(=O)Cc2cccc(O)c2)nc1C)C(=O)OC.CC.CC. The average Bonchev–Trinajstić information content (AvgIpc) is 3.18. The van der Waals surface area contributed by atoms with Crippen molar-refractivity contribution in [3.05, 3.63) is 52.7 Å². The summed E-state index contributed by atoms with van der Waals surface area (Å²) in [7, 11) is 1.24. The number of amides is 2. The summed E-state index contributed by atoms with van der Waals surface area (Å²) in [6, 6.07) is 5.47. The van der Waals surface area contributed by atoms with Crippen LogP contribution in [0.2, 0.25) is 0 Å². The Morgan fingerprint density at radius 2 is 1.85 bits per heavy atom. The van der Waals surface area contributed by atoms with E-state index in [-0.39, 0.29) is 34.6 Å². The summed E-state index contributed by atoms with van der Waals surface area (Å²) in [4.78, 5) is 41.3. The van der Waals surface area contributed by atoms with Crippen molar-refractivity contribution in [2.75, 3.05) is 19.0 Å². The number of esters is 1. The molecule has 1 atom stereocenters. The van der Waals surface area contributed by atoms with Crippen molar-refractivity contribution in [1.82, 2.24) is 15.6 Å². The molecule has 188 valence electrons. The molecule has 0 saturated heterocycles. The van der Waals surface area contributed by atoms with E-state index in [2.05, 4.69) is 27.5 Å². The van der Waals surface area contributed by atoms with Gasteiger partial charge in [0.15, 0.2) is 5.13 Å². The Morgan fingerprint density at radius 1 is 1.21 bits per heavy atom. The minimum absolute atomic E-state index is 0.0472. The first-order chi connectivity index (χ1) is 16.2. The van der Waals surface area contributed by atoms with Crippen LogP contribution in [0, 0.1) is 6.92 Å². The monoisotopic (exact) mass is 492 g/mol. The molecule has 0 bridgehead atoms. The first kappa shape index (κ1) is 30.6. The third-order valence-corrected chi connectivity index (χ3v) is 5.00. The van der Waals surface area contributed by atoms with E-state index in [0.29, 0.717) is 17.0 Å². The van der Waals surface area contributed by atoms with Crippen LogP contribution in [0.3, 0.4) is 0 Å². The van der Waals surface area contributed by atoms with Crippen LogP contribution in [0.1, 0.15) is 55.5 Å². The zero-order valence-corrected chi connectivity index (χ0v) is 21.8. The fourth-order valence-corrected chi connectivity index (χ4v) is 3.40. The van der Waals surface area contributed by atoms with Crippen LogP contribution in [0.15, 0.2) is 36.5 Å². The zero-order valence-electron chi connectivity index (χ0n) is 20.9. The molecule has 0 spiro atoms. The molecular weight excluding hydrogens is 456 g/mol. The average molecular weight is 493 g/mol. The number of ether oxygens (including phenoxy) is 1. The van der Waals surface area contributed by atoms with E-state index in [9.17, 15) is 19.5 Å². The number of nitrogens with one attached hydrogen (secondary N) is 3. The van der Waals surface area contributed by atoms with Gasteiger partial charge in [-0.1, -0.05) is 57.7 Å². The van der Waals surface area contributed by atoms with Crippen molar-refractivity contribution < 1.29 is 24.2 Å². The standard InChI is InChI=1S/C20H24N4O5S.2C2H6/c1-11(2)21-10-15(19(28)29-4)23-18(27)17-12(3)22-20(30-17)24-16(26)9-13-6-5-7-14(25)8-13;2*1-2/h5-8,15,21,25H,1,9-10H2,2-4H3,(H,23,27)(H,22,24,26);2*1-2H3/t15-;;/m0../s1. The van der Waals surface area contributed by atoms with Gasteiger partial charge in [-0.15, -0.1) is 0 Å². The summed E-state index contributed by atoms with van der Waals surface area (Å²) in [5, 5.41) is 17.9. The van der Waals surface area contributed by atoms with E-state index in [1.54, 1.807) is 26.0 Å². The lowest BCUT2D eigenvalue weighted by Gasteiger charge is -2.17.